The van der Waals surface area contributed by atoms with Crippen LogP contribution in [0, 0.1) is 17.3 Å². The van der Waals surface area contributed by atoms with Crippen LogP contribution >= 0.6 is 0 Å². The third-order valence-electron chi connectivity index (χ3n) is 5.55. The van der Waals surface area contributed by atoms with Crippen molar-refractivity contribution in [2.75, 3.05) is 6.54 Å². The normalized spacial score (nSPS) is 27.0. The van der Waals surface area contributed by atoms with Crippen LogP contribution in [0.2, 0.25) is 0 Å². The second-order valence-electron chi connectivity index (χ2n) is 8.06. The first kappa shape index (κ1) is 17.8. The molecule has 25 heavy (non-hydrogen) atoms. The summed E-state index contributed by atoms with van der Waals surface area (Å²) >= 11 is 0. The summed E-state index contributed by atoms with van der Waals surface area (Å²) < 4.78 is 5.25. The lowest BCUT2D eigenvalue weighted by Gasteiger charge is -2.24. The second-order valence-corrected chi connectivity index (χ2v) is 8.06. The highest BCUT2D eigenvalue weighted by molar-refractivity contribution is 5.91. The minimum Gasteiger partial charge on any atom is -0.467 e. The monoisotopic (exact) mass is 344 g/mol. The van der Waals surface area contributed by atoms with Crippen LogP contribution in [-0.2, 0) is 16.1 Å². The third-order valence-corrected chi connectivity index (χ3v) is 5.55. The van der Waals surface area contributed by atoms with Gasteiger partial charge in [0.05, 0.1) is 18.7 Å². The van der Waals surface area contributed by atoms with Crippen LogP contribution in [0.5, 0.6) is 0 Å². The molecule has 5 nitrogen and oxygen atoms in total. The number of nitrogens with zero attached hydrogens (tertiary/aromatic N) is 1. The van der Waals surface area contributed by atoms with E-state index in [9.17, 15) is 9.59 Å². The molecule has 2 fully saturated rings. The lowest BCUT2D eigenvalue weighted by molar-refractivity contribution is -0.140. The molecule has 3 atom stereocenters. The van der Waals surface area contributed by atoms with E-state index in [-0.39, 0.29) is 35.1 Å². The molecule has 0 radical (unpaired) electrons. The molecule has 5 heteroatoms. The number of nitrogens with one attached hydrogen (secondary N) is 1. The number of furan rings is 1. The summed E-state index contributed by atoms with van der Waals surface area (Å²) in [6.07, 6.45) is 5.40. The van der Waals surface area contributed by atoms with Gasteiger partial charge >= 0.3 is 0 Å². The maximum absolute atomic E-state index is 13.1. The van der Waals surface area contributed by atoms with Gasteiger partial charge in [0.15, 0.2) is 0 Å². The van der Waals surface area contributed by atoms with E-state index < -0.39 is 0 Å². The fourth-order valence-corrected chi connectivity index (χ4v) is 4.01. The summed E-state index contributed by atoms with van der Waals surface area (Å²) in [4.78, 5) is 27.4. The molecule has 1 N–H and O–H groups in total. The van der Waals surface area contributed by atoms with Crippen molar-refractivity contribution in [1.82, 2.24) is 10.2 Å². The summed E-state index contributed by atoms with van der Waals surface area (Å²) in [7, 11) is 0. The Kier molecular flexibility index (Phi) is 4.76. The molecule has 0 unspecified atom stereocenters. The van der Waals surface area contributed by atoms with Crippen molar-refractivity contribution in [1.29, 1.82) is 0 Å². The highest BCUT2D eigenvalue weighted by Crippen LogP contribution is 2.60. The van der Waals surface area contributed by atoms with Gasteiger partial charge in [0, 0.05) is 6.54 Å². The molecule has 1 saturated carbocycles. The minimum atomic E-state index is -0.355. The van der Waals surface area contributed by atoms with E-state index in [0.717, 1.165) is 18.6 Å². The van der Waals surface area contributed by atoms with Crippen LogP contribution in [0.3, 0.4) is 0 Å². The molecular weight excluding hydrogens is 316 g/mol. The van der Waals surface area contributed by atoms with E-state index in [4.69, 9.17) is 4.42 Å². The summed E-state index contributed by atoms with van der Waals surface area (Å²) in [5, 5.41) is 2.90. The molecule has 2 heterocycles. The van der Waals surface area contributed by atoms with Gasteiger partial charge in [-0.05, 0) is 50.2 Å². The van der Waals surface area contributed by atoms with Crippen molar-refractivity contribution >= 4 is 11.8 Å². The van der Waals surface area contributed by atoms with Crippen molar-refractivity contribution in [3.8, 4) is 0 Å². The molecule has 2 aliphatic rings. The number of allylic oxidation sites excluding steroid dienone is 2. The molecule has 0 aromatic carbocycles. The molecule has 0 spiro atoms. The number of hydrogen-bond acceptors (Lipinski definition) is 3. The van der Waals surface area contributed by atoms with E-state index in [1.807, 2.05) is 6.07 Å². The number of hydrogen-bond donors (Lipinski definition) is 1. The lowest BCUT2D eigenvalue weighted by atomic mass is 10.1. The zero-order valence-electron chi connectivity index (χ0n) is 15.5. The highest BCUT2D eigenvalue weighted by atomic mass is 16.3. The maximum Gasteiger partial charge on any atom is 0.243 e. The van der Waals surface area contributed by atoms with E-state index in [2.05, 4.69) is 39.1 Å². The first-order valence-corrected chi connectivity index (χ1v) is 9.08. The Balaban J connectivity index is 1.64. The quantitative estimate of drug-likeness (QED) is 0.835. The van der Waals surface area contributed by atoms with Crippen LogP contribution in [0.1, 0.15) is 46.3 Å². The molecule has 1 aliphatic carbocycles. The molecule has 1 aromatic rings. The van der Waals surface area contributed by atoms with Gasteiger partial charge in [0.2, 0.25) is 11.8 Å². The fraction of sp³-hybridized carbons (Fsp3) is 0.600. The van der Waals surface area contributed by atoms with Crippen molar-refractivity contribution in [2.24, 2.45) is 17.3 Å². The zero-order valence-corrected chi connectivity index (χ0v) is 15.5. The molecular formula is C20H28N2O3. The van der Waals surface area contributed by atoms with Gasteiger partial charge in [-0.25, -0.2) is 0 Å². The van der Waals surface area contributed by atoms with Gasteiger partial charge < -0.3 is 14.6 Å². The Morgan fingerprint density at radius 2 is 2.16 bits per heavy atom. The molecule has 3 rings (SSSR count). The van der Waals surface area contributed by atoms with Crippen LogP contribution in [0.4, 0.5) is 0 Å². The van der Waals surface area contributed by atoms with E-state index in [0.29, 0.717) is 13.1 Å². The first-order valence-electron chi connectivity index (χ1n) is 9.08. The van der Waals surface area contributed by atoms with Crippen LogP contribution in [0.25, 0.3) is 0 Å². The maximum atomic E-state index is 13.1. The Hall–Kier alpha value is -2.04. The molecule has 2 amide bonds. The van der Waals surface area contributed by atoms with Gasteiger partial charge in [-0.1, -0.05) is 25.5 Å². The van der Waals surface area contributed by atoms with E-state index >= 15 is 0 Å². The second kappa shape index (κ2) is 6.70. The van der Waals surface area contributed by atoms with Crippen molar-refractivity contribution < 1.29 is 14.0 Å². The van der Waals surface area contributed by atoms with E-state index in [1.54, 1.807) is 17.2 Å². The molecule has 136 valence electrons. The SMILES string of the molecule is CC(C)=C[C@@H]1[C@@H](C(=O)N2CCC[C@H]2C(=O)NCc2ccco2)C1(C)C. The lowest BCUT2D eigenvalue weighted by Crippen LogP contribution is -2.46. The molecule has 1 aliphatic heterocycles. The third kappa shape index (κ3) is 3.51. The predicted molar refractivity (Wildman–Crippen MR) is 95.5 cm³/mol. The summed E-state index contributed by atoms with van der Waals surface area (Å²) in [6, 6.07) is 3.27. The Morgan fingerprint density at radius 1 is 1.40 bits per heavy atom. The van der Waals surface area contributed by atoms with E-state index in [1.165, 1.54) is 5.57 Å². The molecule has 0 bridgehead atoms. The average Bonchev–Trinajstić information content (AvgIpc) is 3.05. The Labute approximate surface area is 149 Å². The Bertz CT molecular complexity index is 671. The highest BCUT2D eigenvalue weighted by Gasteiger charge is 2.62. The van der Waals surface area contributed by atoms with Crippen molar-refractivity contribution in [2.45, 2.75) is 53.1 Å². The molecule has 1 aromatic heterocycles. The number of likely N-dealkylation sites (tertiary alicyclic amines) is 1. The standard InChI is InChI=1S/C20H28N2O3/c1-13(2)11-15-17(20(15,3)4)19(24)22-9-5-8-16(22)18(23)21-12-14-7-6-10-25-14/h6-7,10-11,15-17H,5,8-9,12H2,1-4H3,(H,21,23)/t15-,16+,17+/m1/s1. The van der Waals surface area contributed by atoms with Gasteiger partial charge in [0.1, 0.15) is 11.8 Å². The van der Waals surface area contributed by atoms with Gasteiger partial charge in [-0.2, -0.15) is 0 Å². The Morgan fingerprint density at radius 3 is 2.80 bits per heavy atom. The van der Waals surface area contributed by atoms with Crippen LogP contribution in [-0.4, -0.2) is 29.3 Å². The molecule has 1 saturated heterocycles. The van der Waals surface area contributed by atoms with Gasteiger partial charge in [-0.3, -0.25) is 9.59 Å². The first-order chi connectivity index (χ1) is 11.8. The topological polar surface area (TPSA) is 62.6 Å². The largest absolute Gasteiger partial charge is 0.467 e. The van der Waals surface area contributed by atoms with Crippen molar-refractivity contribution in [3.63, 3.8) is 0 Å². The number of carbonyl (C=O) groups excluding carboxylic acids is 2. The zero-order chi connectivity index (χ0) is 18.2. The fourth-order valence-electron chi connectivity index (χ4n) is 4.01. The smallest absolute Gasteiger partial charge is 0.243 e. The van der Waals surface area contributed by atoms with Crippen LogP contribution < -0.4 is 5.32 Å². The van der Waals surface area contributed by atoms with Gasteiger partial charge in [0.25, 0.3) is 0 Å². The predicted octanol–water partition coefficient (Wildman–Crippen LogP) is 3.13. The van der Waals surface area contributed by atoms with Crippen molar-refractivity contribution in [3.05, 3.63) is 35.8 Å². The number of carbonyl (C=O) groups is 2. The number of amides is 2. The average molecular weight is 344 g/mol. The minimum absolute atomic E-state index is 0.0131. The number of rotatable bonds is 5. The summed E-state index contributed by atoms with van der Waals surface area (Å²) in [6.45, 7) is 9.45. The summed E-state index contributed by atoms with van der Waals surface area (Å²) in [5.74, 6) is 1.03. The van der Waals surface area contributed by atoms with Gasteiger partial charge in [-0.15, -0.1) is 0 Å². The summed E-state index contributed by atoms with van der Waals surface area (Å²) in [5.41, 5.74) is 1.22. The van der Waals surface area contributed by atoms with Crippen LogP contribution in [0.15, 0.2) is 34.5 Å².